The molecule has 0 saturated heterocycles. The number of halogens is 1. The van der Waals surface area contributed by atoms with Crippen molar-refractivity contribution in [3.63, 3.8) is 0 Å². The number of carbonyl (C=O) groups excluding carboxylic acids is 1. The van der Waals surface area contributed by atoms with Gasteiger partial charge in [0.15, 0.2) is 0 Å². The van der Waals surface area contributed by atoms with E-state index < -0.39 is 0 Å². The number of benzene rings is 1. The summed E-state index contributed by atoms with van der Waals surface area (Å²) in [5.41, 5.74) is 1.08. The quantitative estimate of drug-likeness (QED) is 0.496. The molecule has 4 nitrogen and oxygen atoms in total. The molecule has 6 heteroatoms. The Kier molecular flexibility index (Phi) is 8.69. The Morgan fingerprint density at radius 1 is 1.24 bits per heavy atom. The Morgan fingerprint density at radius 2 is 2.12 bits per heavy atom. The van der Waals surface area contributed by atoms with E-state index in [0.29, 0.717) is 31.4 Å². The number of rotatable bonds is 10. The molecule has 0 atom stereocenters. The van der Waals surface area contributed by atoms with Crippen molar-refractivity contribution in [2.75, 3.05) is 33.5 Å². The Morgan fingerprint density at radius 3 is 2.92 bits per heavy atom. The molecule has 0 bridgehead atoms. The summed E-state index contributed by atoms with van der Waals surface area (Å²) in [7, 11) is 1.64. The van der Waals surface area contributed by atoms with Gasteiger partial charge in [-0.25, -0.2) is 0 Å². The number of ether oxygens (including phenoxy) is 2. The van der Waals surface area contributed by atoms with E-state index >= 15 is 0 Å². The Hall–Kier alpha value is -1.66. The zero-order valence-electron chi connectivity index (χ0n) is 14.2. The molecule has 0 aliphatic carbocycles. The summed E-state index contributed by atoms with van der Waals surface area (Å²) in [5.74, 6) is -0.102. The molecule has 0 spiro atoms. The first-order valence-electron chi connectivity index (χ1n) is 8.07. The number of nitrogens with one attached hydrogen (secondary N) is 1. The average Bonchev–Trinajstić information content (AvgIpc) is 3.08. The lowest BCUT2D eigenvalue weighted by Gasteiger charge is -2.04. The maximum absolute atomic E-state index is 11.8. The maximum atomic E-state index is 11.8. The summed E-state index contributed by atoms with van der Waals surface area (Å²) in [6.07, 6.45) is 4.16. The van der Waals surface area contributed by atoms with Gasteiger partial charge in [-0.2, -0.15) is 0 Å². The molecule has 0 saturated carbocycles. The van der Waals surface area contributed by atoms with Gasteiger partial charge in [0, 0.05) is 41.1 Å². The second-order valence-corrected chi connectivity index (χ2v) is 6.85. The molecule has 0 aliphatic rings. The number of methoxy groups -OCH3 is 1. The highest BCUT2D eigenvalue weighted by atomic mass is 35.5. The lowest BCUT2D eigenvalue weighted by molar-refractivity contribution is -0.116. The second-order valence-electron chi connectivity index (χ2n) is 5.30. The summed E-state index contributed by atoms with van der Waals surface area (Å²) in [4.78, 5) is 13.9. The number of carbonyl (C=O) groups is 1. The lowest BCUT2D eigenvalue weighted by Crippen LogP contribution is -2.23. The first-order valence-corrected chi connectivity index (χ1v) is 9.27. The van der Waals surface area contributed by atoms with Crippen LogP contribution in [0.1, 0.15) is 11.3 Å². The van der Waals surface area contributed by atoms with E-state index in [4.69, 9.17) is 21.1 Å². The minimum absolute atomic E-state index is 0.102. The highest BCUT2D eigenvalue weighted by Gasteiger charge is 2.02. The molecule has 1 heterocycles. The van der Waals surface area contributed by atoms with Gasteiger partial charge in [-0.05, 0) is 42.3 Å². The lowest BCUT2D eigenvalue weighted by atomic mass is 10.2. The van der Waals surface area contributed by atoms with Crippen LogP contribution in [0, 0.1) is 0 Å². The van der Waals surface area contributed by atoms with Crippen LogP contribution >= 0.6 is 22.9 Å². The second kappa shape index (κ2) is 11.1. The van der Waals surface area contributed by atoms with Crippen LogP contribution in [-0.4, -0.2) is 39.4 Å². The molecule has 1 amide bonds. The summed E-state index contributed by atoms with van der Waals surface area (Å²) in [6, 6.07) is 11.8. The summed E-state index contributed by atoms with van der Waals surface area (Å²) < 4.78 is 10.2. The van der Waals surface area contributed by atoms with Crippen LogP contribution in [-0.2, 0) is 14.3 Å². The summed E-state index contributed by atoms with van der Waals surface area (Å²) in [6.45, 7) is 2.38. The first-order chi connectivity index (χ1) is 12.2. The third kappa shape index (κ3) is 7.40. The van der Waals surface area contributed by atoms with Gasteiger partial charge in [-0.15, -0.1) is 11.3 Å². The fraction of sp³-hybridized carbons (Fsp3) is 0.316. The van der Waals surface area contributed by atoms with Crippen LogP contribution in [0.2, 0.25) is 5.02 Å². The van der Waals surface area contributed by atoms with E-state index in [9.17, 15) is 4.79 Å². The smallest absolute Gasteiger partial charge is 0.244 e. The van der Waals surface area contributed by atoms with E-state index in [1.165, 1.54) is 0 Å². The van der Waals surface area contributed by atoms with Crippen molar-refractivity contribution in [3.05, 3.63) is 52.4 Å². The van der Waals surface area contributed by atoms with Crippen LogP contribution in [0.3, 0.4) is 0 Å². The van der Waals surface area contributed by atoms with Crippen LogP contribution < -0.4 is 5.32 Å². The normalized spacial score (nSPS) is 11.1. The predicted molar refractivity (Wildman–Crippen MR) is 104 cm³/mol. The van der Waals surface area contributed by atoms with E-state index in [1.54, 1.807) is 24.5 Å². The largest absolute Gasteiger partial charge is 0.382 e. The van der Waals surface area contributed by atoms with Gasteiger partial charge >= 0.3 is 0 Å². The Bertz CT molecular complexity index is 699. The molecule has 1 N–H and O–H groups in total. The van der Waals surface area contributed by atoms with Gasteiger partial charge in [0.05, 0.1) is 13.2 Å². The fourth-order valence-corrected chi connectivity index (χ4v) is 3.18. The monoisotopic (exact) mass is 379 g/mol. The van der Waals surface area contributed by atoms with Crippen molar-refractivity contribution >= 4 is 34.9 Å². The summed E-state index contributed by atoms with van der Waals surface area (Å²) in [5, 5.41) is 3.56. The molecule has 0 aliphatic heterocycles. The zero-order chi connectivity index (χ0) is 17.9. The number of hydrogen-bond acceptors (Lipinski definition) is 4. The summed E-state index contributed by atoms with van der Waals surface area (Å²) >= 11 is 7.64. The molecule has 0 radical (unpaired) electrons. The molecular weight excluding hydrogens is 358 g/mol. The van der Waals surface area contributed by atoms with Crippen molar-refractivity contribution in [1.82, 2.24) is 5.32 Å². The molecule has 0 fully saturated rings. The standard InChI is InChI=1S/C19H22ClNO3S/c1-23-12-13-24-11-3-10-21-19(22)9-7-17-6-8-18(25-17)15-4-2-5-16(20)14-15/h2,4-9,14H,3,10-13H2,1H3,(H,21,22)/b9-7+. The first kappa shape index (κ1) is 19.7. The van der Waals surface area contributed by atoms with Crippen molar-refractivity contribution in [1.29, 1.82) is 0 Å². The van der Waals surface area contributed by atoms with E-state index in [-0.39, 0.29) is 5.91 Å². The SMILES string of the molecule is COCCOCCCNC(=O)/C=C/c1ccc(-c2cccc(Cl)c2)s1. The van der Waals surface area contributed by atoms with Gasteiger partial charge in [0.2, 0.25) is 5.91 Å². The van der Waals surface area contributed by atoms with Gasteiger partial charge < -0.3 is 14.8 Å². The van der Waals surface area contributed by atoms with Gasteiger partial charge in [-0.3, -0.25) is 4.79 Å². The van der Waals surface area contributed by atoms with E-state index in [0.717, 1.165) is 21.7 Å². The highest BCUT2D eigenvalue weighted by Crippen LogP contribution is 2.30. The minimum Gasteiger partial charge on any atom is -0.382 e. The van der Waals surface area contributed by atoms with Crippen LogP contribution in [0.4, 0.5) is 0 Å². The van der Waals surface area contributed by atoms with Gasteiger partial charge in [-0.1, -0.05) is 23.7 Å². The van der Waals surface area contributed by atoms with Crippen molar-refractivity contribution in [3.8, 4) is 10.4 Å². The van der Waals surface area contributed by atoms with Crippen LogP contribution in [0.5, 0.6) is 0 Å². The van der Waals surface area contributed by atoms with E-state index in [1.807, 2.05) is 42.5 Å². The molecule has 1 aromatic carbocycles. The number of amides is 1. The molecule has 25 heavy (non-hydrogen) atoms. The Balaban J connectivity index is 1.73. The van der Waals surface area contributed by atoms with E-state index in [2.05, 4.69) is 5.32 Å². The number of thiophene rings is 1. The molecule has 2 rings (SSSR count). The fourth-order valence-electron chi connectivity index (χ4n) is 2.09. The molecular formula is C19H22ClNO3S. The number of hydrogen-bond donors (Lipinski definition) is 1. The van der Waals surface area contributed by atoms with Crippen molar-refractivity contribution in [2.24, 2.45) is 0 Å². The van der Waals surface area contributed by atoms with Gasteiger partial charge in [0.1, 0.15) is 0 Å². The van der Waals surface area contributed by atoms with Crippen molar-refractivity contribution < 1.29 is 14.3 Å². The molecule has 1 aromatic heterocycles. The minimum atomic E-state index is -0.102. The Labute approximate surface area is 157 Å². The van der Waals surface area contributed by atoms with Crippen LogP contribution in [0.15, 0.2) is 42.5 Å². The molecule has 0 unspecified atom stereocenters. The molecule has 134 valence electrons. The maximum Gasteiger partial charge on any atom is 0.244 e. The third-order valence-electron chi connectivity index (χ3n) is 3.33. The third-order valence-corrected chi connectivity index (χ3v) is 4.67. The average molecular weight is 380 g/mol. The zero-order valence-corrected chi connectivity index (χ0v) is 15.7. The molecule has 2 aromatic rings. The van der Waals surface area contributed by atoms with Crippen LogP contribution in [0.25, 0.3) is 16.5 Å². The predicted octanol–water partition coefficient (Wildman–Crippen LogP) is 4.25. The highest BCUT2D eigenvalue weighted by molar-refractivity contribution is 7.16. The van der Waals surface area contributed by atoms with Gasteiger partial charge in [0.25, 0.3) is 0 Å². The topological polar surface area (TPSA) is 47.6 Å². The van der Waals surface area contributed by atoms with Crippen molar-refractivity contribution in [2.45, 2.75) is 6.42 Å².